The van der Waals surface area contributed by atoms with Crippen LogP contribution in [-0.4, -0.2) is 53.9 Å². The van der Waals surface area contributed by atoms with Crippen molar-refractivity contribution in [2.75, 3.05) is 19.8 Å². The number of halogens is 3. The Hall–Kier alpha value is -1.31. The Bertz CT molecular complexity index is 345. The molecule has 0 spiro atoms. The second-order valence-corrected chi connectivity index (χ2v) is 4.37. The molecule has 1 aliphatic rings. The fourth-order valence-corrected chi connectivity index (χ4v) is 2.01. The van der Waals surface area contributed by atoms with Gasteiger partial charge in [0, 0.05) is 25.5 Å². The van der Waals surface area contributed by atoms with Gasteiger partial charge in [0.15, 0.2) is 0 Å². The molecule has 2 atom stereocenters. The number of carbonyl (C=O) groups excluding carboxylic acids is 2. The molecule has 2 unspecified atom stereocenters. The molecule has 0 saturated carbocycles. The first-order valence-corrected chi connectivity index (χ1v) is 5.92. The topological polar surface area (TPSA) is 66.8 Å². The Morgan fingerprint density at radius 2 is 2.21 bits per heavy atom. The number of alkyl halides is 3. The van der Waals surface area contributed by atoms with Gasteiger partial charge in [0.05, 0.1) is 13.0 Å². The van der Waals surface area contributed by atoms with E-state index in [1.54, 1.807) is 0 Å². The van der Waals surface area contributed by atoms with E-state index in [0.717, 1.165) is 0 Å². The molecule has 0 aromatic heterocycles. The van der Waals surface area contributed by atoms with E-state index in [0.29, 0.717) is 4.90 Å². The van der Waals surface area contributed by atoms with E-state index in [9.17, 15) is 22.8 Å². The van der Waals surface area contributed by atoms with Crippen molar-refractivity contribution < 1.29 is 32.6 Å². The maximum atomic E-state index is 12.9. The summed E-state index contributed by atoms with van der Waals surface area (Å²) in [6.45, 7) is 0.922. The average Bonchev–Trinajstić information content (AvgIpc) is 2.66. The second-order valence-electron chi connectivity index (χ2n) is 4.37. The number of hydrogen-bond donors (Lipinski definition) is 1. The Labute approximate surface area is 108 Å². The average molecular weight is 283 g/mol. The summed E-state index contributed by atoms with van der Waals surface area (Å²) in [6, 6.07) is -2.18. The van der Waals surface area contributed by atoms with E-state index in [1.165, 1.54) is 6.92 Å². The molecule has 1 saturated heterocycles. The van der Waals surface area contributed by atoms with E-state index < -0.39 is 36.4 Å². The first-order valence-electron chi connectivity index (χ1n) is 5.92. The lowest BCUT2D eigenvalue weighted by Crippen LogP contribution is -2.48. The second kappa shape index (κ2) is 6.23. The SMILES string of the molecule is CCOC(=O)CC(N1CC(CO)CC1=O)C(F)(F)F. The van der Waals surface area contributed by atoms with Crippen LogP contribution in [0.15, 0.2) is 0 Å². The van der Waals surface area contributed by atoms with Crippen molar-refractivity contribution in [1.29, 1.82) is 0 Å². The largest absolute Gasteiger partial charge is 0.466 e. The molecule has 19 heavy (non-hydrogen) atoms. The normalized spacial score (nSPS) is 21.6. The van der Waals surface area contributed by atoms with Crippen LogP contribution in [0.5, 0.6) is 0 Å². The van der Waals surface area contributed by atoms with E-state index >= 15 is 0 Å². The Morgan fingerprint density at radius 3 is 2.63 bits per heavy atom. The zero-order valence-corrected chi connectivity index (χ0v) is 10.4. The van der Waals surface area contributed by atoms with Crippen molar-refractivity contribution in [3.8, 4) is 0 Å². The highest BCUT2D eigenvalue weighted by Gasteiger charge is 2.49. The minimum absolute atomic E-state index is 0.0172. The first kappa shape index (κ1) is 15.7. The number of rotatable bonds is 5. The summed E-state index contributed by atoms with van der Waals surface area (Å²) in [5, 5.41) is 8.90. The monoisotopic (exact) mass is 283 g/mol. The molecule has 0 aromatic rings. The van der Waals surface area contributed by atoms with E-state index in [-0.39, 0.29) is 26.2 Å². The van der Waals surface area contributed by atoms with Gasteiger partial charge in [0.2, 0.25) is 5.91 Å². The van der Waals surface area contributed by atoms with Gasteiger partial charge in [-0.3, -0.25) is 9.59 Å². The third-order valence-electron chi connectivity index (χ3n) is 2.92. The van der Waals surface area contributed by atoms with E-state index in [4.69, 9.17) is 5.11 Å². The summed E-state index contributed by atoms with van der Waals surface area (Å²) >= 11 is 0. The van der Waals surface area contributed by atoms with Crippen LogP contribution in [0, 0.1) is 5.92 Å². The fourth-order valence-electron chi connectivity index (χ4n) is 2.01. The number of carbonyl (C=O) groups is 2. The van der Waals surface area contributed by atoms with Crippen LogP contribution in [0.25, 0.3) is 0 Å². The zero-order chi connectivity index (χ0) is 14.6. The lowest BCUT2D eigenvalue weighted by Gasteiger charge is -2.29. The molecular weight excluding hydrogens is 267 g/mol. The van der Waals surface area contributed by atoms with Gasteiger partial charge in [0.25, 0.3) is 0 Å². The van der Waals surface area contributed by atoms with Gasteiger partial charge in [-0.05, 0) is 6.92 Å². The highest BCUT2D eigenvalue weighted by atomic mass is 19.4. The number of aliphatic hydroxyl groups is 1. The van der Waals surface area contributed by atoms with Gasteiger partial charge in [-0.2, -0.15) is 13.2 Å². The molecule has 110 valence electrons. The molecule has 1 fully saturated rings. The molecule has 1 heterocycles. The summed E-state index contributed by atoms with van der Waals surface area (Å²) in [4.78, 5) is 23.3. The Kier molecular flexibility index (Phi) is 5.16. The Morgan fingerprint density at radius 1 is 1.58 bits per heavy atom. The van der Waals surface area contributed by atoms with Crippen LogP contribution < -0.4 is 0 Å². The maximum absolute atomic E-state index is 12.9. The van der Waals surface area contributed by atoms with Crippen molar-refractivity contribution in [3.05, 3.63) is 0 Å². The van der Waals surface area contributed by atoms with Gasteiger partial charge in [-0.25, -0.2) is 0 Å². The summed E-state index contributed by atoms with van der Waals surface area (Å²) in [6.07, 6.45) is -5.75. The van der Waals surface area contributed by atoms with Crippen LogP contribution in [0.4, 0.5) is 13.2 Å². The number of esters is 1. The van der Waals surface area contributed by atoms with Gasteiger partial charge in [-0.15, -0.1) is 0 Å². The zero-order valence-electron chi connectivity index (χ0n) is 10.4. The molecule has 8 heteroatoms. The smallest absolute Gasteiger partial charge is 0.409 e. The number of hydrogen-bond acceptors (Lipinski definition) is 4. The predicted molar refractivity (Wildman–Crippen MR) is 58.0 cm³/mol. The molecule has 1 N–H and O–H groups in total. The van der Waals surface area contributed by atoms with Crippen LogP contribution in [-0.2, 0) is 14.3 Å². The summed E-state index contributed by atoms with van der Waals surface area (Å²) < 4.78 is 43.2. The highest BCUT2D eigenvalue weighted by molar-refractivity contribution is 5.80. The number of ether oxygens (including phenoxy) is 1. The van der Waals surface area contributed by atoms with Crippen LogP contribution >= 0.6 is 0 Å². The molecule has 1 aliphatic heterocycles. The molecule has 1 amide bonds. The predicted octanol–water partition coefficient (Wildman–Crippen LogP) is 0.711. The third kappa shape index (κ3) is 4.09. The molecule has 0 aliphatic carbocycles. The minimum atomic E-state index is -4.70. The Balaban J connectivity index is 2.80. The summed E-state index contributed by atoms with van der Waals surface area (Å²) in [5.41, 5.74) is 0. The lowest BCUT2D eigenvalue weighted by molar-refractivity contribution is -0.193. The van der Waals surface area contributed by atoms with Gasteiger partial charge in [0.1, 0.15) is 6.04 Å². The lowest BCUT2D eigenvalue weighted by atomic mass is 10.1. The first-order chi connectivity index (χ1) is 8.79. The molecular formula is C11H16F3NO4. The summed E-state index contributed by atoms with van der Waals surface area (Å²) in [5.74, 6) is -2.21. The quantitative estimate of drug-likeness (QED) is 0.755. The number of aliphatic hydroxyl groups excluding tert-OH is 1. The van der Waals surface area contributed by atoms with E-state index in [1.807, 2.05) is 0 Å². The molecule has 1 rings (SSSR count). The van der Waals surface area contributed by atoms with E-state index in [2.05, 4.69) is 4.74 Å². The van der Waals surface area contributed by atoms with Crippen molar-refractivity contribution in [3.63, 3.8) is 0 Å². The standard InChI is InChI=1S/C11H16F3NO4/c1-2-19-10(18)4-8(11(12,13)14)15-5-7(6-16)3-9(15)17/h7-8,16H,2-6H2,1H3. The maximum Gasteiger partial charge on any atom is 0.409 e. The fraction of sp³-hybridized carbons (Fsp3) is 0.818. The molecule has 5 nitrogen and oxygen atoms in total. The minimum Gasteiger partial charge on any atom is -0.466 e. The van der Waals surface area contributed by atoms with Crippen LogP contribution in [0.3, 0.4) is 0 Å². The number of likely N-dealkylation sites (tertiary alicyclic amines) is 1. The molecule has 0 aromatic carbocycles. The van der Waals surface area contributed by atoms with Crippen molar-refractivity contribution in [2.45, 2.75) is 32.0 Å². The van der Waals surface area contributed by atoms with Gasteiger partial charge >= 0.3 is 12.1 Å². The van der Waals surface area contributed by atoms with Gasteiger partial charge in [-0.1, -0.05) is 0 Å². The van der Waals surface area contributed by atoms with Gasteiger partial charge < -0.3 is 14.7 Å². The van der Waals surface area contributed by atoms with Crippen molar-refractivity contribution in [2.24, 2.45) is 5.92 Å². The van der Waals surface area contributed by atoms with Crippen molar-refractivity contribution >= 4 is 11.9 Å². The summed E-state index contributed by atoms with van der Waals surface area (Å²) in [7, 11) is 0. The number of nitrogens with zero attached hydrogens (tertiary/aromatic N) is 1. The van der Waals surface area contributed by atoms with Crippen molar-refractivity contribution in [1.82, 2.24) is 4.90 Å². The third-order valence-corrected chi connectivity index (χ3v) is 2.92. The number of amides is 1. The van der Waals surface area contributed by atoms with Crippen LogP contribution in [0.2, 0.25) is 0 Å². The molecule has 0 radical (unpaired) electrons. The highest BCUT2D eigenvalue weighted by Crippen LogP contribution is 2.32. The molecule has 0 bridgehead atoms. The van der Waals surface area contributed by atoms with Crippen LogP contribution in [0.1, 0.15) is 19.8 Å².